The van der Waals surface area contributed by atoms with Crippen LogP contribution in [-0.2, 0) is 19.5 Å². The maximum Gasteiger partial charge on any atom is 0.159 e. The molecule has 7 heteroatoms. The van der Waals surface area contributed by atoms with Gasteiger partial charge in [0.1, 0.15) is 11.6 Å². The molecular formula is C25H21F2N5. The van der Waals surface area contributed by atoms with E-state index in [0.29, 0.717) is 22.8 Å². The van der Waals surface area contributed by atoms with Crippen molar-refractivity contribution in [2.45, 2.75) is 19.5 Å². The van der Waals surface area contributed by atoms with E-state index in [1.165, 1.54) is 12.1 Å². The lowest BCUT2D eigenvalue weighted by molar-refractivity contribution is 0.242. The third kappa shape index (κ3) is 4.20. The van der Waals surface area contributed by atoms with Crippen LogP contribution in [0.2, 0.25) is 0 Å². The molecule has 0 spiro atoms. The molecular weight excluding hydrogens is 408 g/mol. The molecule has 4 aromatic rings. The van der Waals surface area contributed by atoms with E-state index in [2.05, 4.69) is 14.9 Å². The zero-order valence-corrected chi connectivity index (χ0v) is 17.3. The van der Waals surface area contributed by atoms with Gasteiger partial charge < -0.3 is 5.73 Å². The van der Waals surface area contributed by atoms with Crippen LogP contribution in [0.5, 0.6) is 0 Å². The second-order valence-corrected chi connectivity index (χ2v) is 7.92. The minimum atomic E-state index is -0.615. The number of nitrogens with zero attached hydrogens (tertiary/aromatic N) is 4. The predicted octanol–water partition coefficient (Wildman–Crippen LogP) is 4.62. The summed E-state index contributed by atoms with van der Waals surface area (Å²) in [6.45, 7) is 2.35. The summed E-state index contributed by atoms with van der Waals surface area (Å²) >= 11 is 0. The van der Waals surface area contributed by atoms with Crippen molar-refractivity contribution in [3.63, 3.8) is 0 Å². The van der Waals surface area contributed by atoms with Crippen molar-refractivity contribution in [1.29, 1.82) is 0 Å². The minimum absolute atomic E-state index is 0.291. The van der Waals surface area contributed by atoms with E-state index in [0.717, 1.165) is 54.5 Å². The molecule has 2 aromatic heterocycles. The van der Waals surface area contributed by atoms with Gasteiger partial charge in [0.2, 0.25) is 0 Å². The van der Waals surface area contributed by atoms with Crippen molar-refractivity contribution in [1.82, 2.24) is 19.9 Å². The van der Waals surface area contributed by atoms with Crippen LogP contribution in [0.3, 0.4) is 0 Å². The Labute approximate surface area is 184 Å². The van der Waals surface area contributed by atoms with Gasteiger partial charge in [0.05, 0.1) is 11.4 Å². The molecule has 1 aliphatic rings. The first kappa shape index (κ1) is 20.2. The van der Waals surface area contributed by atoms with Crippen LogP contribution in [-0.4, -0.2) is 26.4 Å². The molecule has 2 aromatic carbocycles. The summed E-state index contributed by atoms with van der Waals surface area (Å²) in [5, 5.41) is 0. The van der Waals surface area contributed by atoms with Gasteiger partial charge in [-0.15, -0.1) is 0 Å². The van der Waals surface area contributed by atoms with Crippen LogP contribution in [0.15, 0.2) is 67.0 Å². The Morgan fingerprint density at radius 3 is 2.53 bits per heavy atom. The number of hydrogen-bond donors (Lipinski definition) is 1. The highest BCUT2D eigenvalue weighted by Crippen LogP contribution is 2.24. The average Bonchev–Trinajstić information content (AvgIpc) is 2.80. The Morgan fingerprint density at radius 1 is 0.938 bits per heavy atom. The predicted molar refractivity (Wildman–Crippen MR) is 119 cm³/mol. The molecule has 0 aliphatic carbocycles. The Balaban J connectivity index is 1.27. The van der Waals surface area contributed by atoms with E-state index in [1.807, 2.05) is 36.5 Å². The van der Waals surface area contributed by atoms with Gasteiger partial charge in [0, 0.05) is 66.9 Å². The number of benzene rings is 2. The number of nitrogen functional groups attached to an aromatic ring is 1. The zero-order valence-electron chi connectivity index (χ0n) is 17.3. The topological polar surface area (TPSA) is 67.9 Å². The van der Waals surface area contributed by atoms with Crippen molar-refractivity contribution < 1.29 is 8.78 Å². The first-order valence-corrected chi connectivity index (χ1v) is 10.4. The van der Waals surface area contributed by atoms with Crippen LogP contribution in [0, 0.1) is 11.6 Å². The van der Waals surface area contributed by atoms with E-state index in [1.54, 1.807) is 12.3 Å². The van der Waals surface area contributed by atoms with Crippen molar-refractivity contribution >= 4 is 5.69 Å². The van der Waals surface area contributed by atoms with Gasteiger partial charge >= 0.3 is 0 Å². The lowest BCUT2D eigenvalue weighted by atomic mass is 10.1. The van der Waals surface area contributed by atoms with Crippen LogP contribution >= 0.6 is 0 Å². The molecule has 0 saturated heterocycles. The summed E-state index contributed by atoms with van der Waals surface area (Å²) in [6.07, 6.45) is 4.49. The average molecular weight is 429 g/mol. The SMILES string of the molecule is Nc1ccc(-c2ncc3c(n2)CCN(Cc2ccc(-c4ccc(F)cc4F)nc2)C3)cc1. The highest BCUT2D eigenvalue weighted by atomic mass is 19.1. The number of halogens is 2. The maximum absolute atomic E-state index is 14.0. The monoisotopic (exact) mass is 429 g/mol. The van der Waals surface area contributed by atoms with Crippen molar-refractivity contribution in [3.8, 4) is 22.6 Å². The van der Waals surface area contributed by atoms with Gasteiger partial charge in [-0.2, -0.15) is 0 Å². The molecule has 32 heavy (non-hydrogen) atoms. The third-order valence-corrected chi connectivity index (χ3v) is 5.62. The largest absolute Gasteiger partial charge is 0.399 e. The van der Waals surface area contributed by atoms with E-state index in [4.69, 9.17) is 10.7 Å². The van der Waals surface area contributed by atoms with Gasteiger partial charge in [-0.1, -0.05) is 6.07 Å². The quantitative estimate of drug-likeness (QED) is 0.480. The number of pyridine rings is 1. The molecule has 160 valence electrons. The Hall–Kier alpha value is -3.71. The molecule has 0 bridgehead atoms. The fraction of sp³-hybridized carbons (Fsp3) is 0.160. The Kier molecular flexibility index (Phi) is 5.33. The molecule has 5 rings (SSSR count). The van der Waals surface area contributed by atoms with Gasteiger partial charge in [-0.3, -0.25) is 9.88 Å². The second-order valence-electron chi connectivity index (χ2n) is 7.92. The first-order valence-electron chi connectivity index (χ1n) is 10.4. The van der Waals surface area contributed by atoms with E-state index in [-0.39, 0.29) is 0 Å². The minimum Gasteiger partial charge on any atom is -0.399 e. The van der Waals surface area contributed by atoms with Crippen molar-refractivity contribution in [3.05, 3.63) is 95.4 Å². The van der Waals surface area contributed by atoms with Crippen molar-refractivity contribution in [2.75, 3.05) is 12.3 Å². The number of anilines is 1. The van der Waals surface area contributed by atoms with Gasteiger partial charge in [-0.25, -0.2) is 18.7 Å². The molecule has 0 unspecified atom stereocenters. The summed E-state index contributed by atoms with van der Waals surface area (Å²) in [6, 6.07) is 14.8. The highest BCUT2D eigenvalue weighted by Gasteiger charge is 2.19. The number of nitrogens with two attached hydrogens (primary N) is 1. The molecule has 0 fully saturated rings. The summed E-state index contributed by atoms with van der Waals surface area (Å²) in [5.74, 6) is -0.501. The van der Waals surface area contributed by atoms with E-state index in [9.17, 15) is 8.78 Å². The number of fused-ring (bicyclic) bond motifs is 1. The Morgan fingerprint density at radius 2 is 1.78 bits per heavy atom. The second kappa shape index (κ2) is 8.43. The Bertz CT molecular complexity index is 1260. The van der Waals surface area contributed by atoms with E-state index < -0.39 is 11.6 Å². The smallest absolute Gasteiger partial charge is 0.159 e. The zero-order chi connectivity index (χ0) is 22.1. The number of rotatable bonds is 4. The summed E-state index contributed by atoms with van der Waals surface area (Å²) in [4.78, 5) is 16.0. The number of aromatic nitrogens is 3. The third-order valence-electron chi connectivity index (χ3n) is 5.62. The molecule has 0 atom stereocenters. The molecule has 1 aliphatic heterocycles. The fourth-order valence-electron chi connectivity index (χ4n) is 3.91. The standard InChI is InChI=1S/C25H21F2N5/c26-19-4-7-21(22(27)11-19)24-8-1-16(12-29-24)14-32-10-9-23-18(15-32)13-30-25(31-23)17-2-5-20(28)6-3-17/h1-8,11-13H,9-10,14-15,28H2. The summed E-state index contributed by atoms with van der Waals surface area (Å²) in [5.41, 5.74) is 11.4. The molecule has 3 heterocycles. The van der Waals surface area contributed by atoms with Crippen LogP contribution in [0.25, 0.3) is 22.6 Å². The summed E-state index contributed by atoms with van der Waals surface area (Å²) < 4.78 is 27.1. The fourth-order valence-corrected chi connectivity index (χ4v) is 3.91. The van der Waals surface area contributed by atoms with Gasteiger partial charge in [-0.05, 0) is 48.0 Å². The lowest BCUT2D eigenvalue weighted by Gasteiger charge is -2.28. The molecule has 0 saturated carbocycles. The molecule has 2 N–H and O–H groups in total. The first-order chi connectivity index (χ1) is 15.5. The van der Waals surface area contributed by atoms with Crippen LogP contribution < -0.4 is 5.73 Å². The number of hydrogen-bond acceptors (Lipinski definition) is 5. The normalized spacial score (nSPS) is 13.7. The molecule has 0 radical (unpaired) electrons. The van der Waals surface area contributed by atoms with Gasteiger partial charge in [0.25, 0.3) is 0 Å². The van der Waals surface area contributed by atoms with Crippen LogP contribution in [0.1, 0.15) is 16.8 Å². The maximum atomic E-state index is 14.0. The highest BCUT2D eigenvalue weighted by molar-refractivity contribution is 5.60. The van der Waals surface area contributed by atoms with E-state index >= 15 is 0 Å². The lowest BCUT2D eigenvalue weighted by Crippen LogP contribution is -2.31. The van der Waals surface area contributed by atoms with Gasteiger partial charge in [0.15, 0.2) is 5.82 Å². The molecule has 5 nitrogen and oxygen atoms in total. The van der Waals surface area contributed by atoms with Crippen molar-refractivity contribution in [2.24, 2.45) is 0 Å². The summed E-state index contributed by atoms with van der Waals surface area (Å²) in [7, 11) is 0. The molecule has 0 amide bonds. The van der Waals surface area contributed by atoms with Crippen LogP contribution in [0.4, 0.5) is 14.5 Å².